The molecule has 3 N–H and O–H groups in total. The number of rotatable bonds is 2. The number of para-hydroxylation sites is 2. The summed E-state index contributed by atoms with van der Waals surface area (Å²) in [5.41, 5.74) is 0.0178. The van der Waals surface area contributed by atoms with E-state index in [1.807, 2.05) is 0 Å². The number of hydrogen-bond acceptors (Lipinski definition) is 3. The number of benzene rings is 1. The Labute approximate surface area is 105 Å². The Kier molecular flexibility index (Phi) is 4.14. The van der Waals surface area contributed by atoms with Crippen LogP contribution in [-0.4, -0.2) is 22.9 Å². The summed E-state index contributed by atoms with van der Waals surface area (Å²) < 4.78 is 5.08. The number of carbonyl (C=O) groups is 2. The zero-order chi connectivity index (χ0) is 13.8. The first-order chi connectivity index (χ1) is 8.28. The molecule has 0 heterocycles. The molecule has 1 rings (SSSR count). The second-order valence-corrected chi connectivity index (χ2v) is 4.60. The van der Waals surface area contributed by atoms with Crippen molar-refractivity contribution < 1.29 is 19.4 Å². The Morgan fingerprint density at radius 3 is 2.06 bits per heavy atom. The summed E-state index contributed by atoms with van der Waals surface area (Å²) in [6.07, 6.45) is -1.84. The molecule has 0 atom stereocenters. The van der Waals surface area contributed by atoms with Crippen LogP contribution in [0.3, 0.4) is 0 Å². The summed E-state index contributed by atoms with van der Waals surface area (Å²) in [5.74, 6) is 0. The first kappa shape index (κ1) is 13.8. The van der Waals surface area contributed by atoms with Crippen LogP contribution in [0.1, 0.15) is 20.8 Å². The van der Waals surface area contributed by atoms with Crippen LogP contribution in [0.5, 0.6) is 0 Å². The Bertz CT molecular complexity index is 452. The van der Waals surface area contributed by atoms with Crippen LogP contribution < -0.4 is 10.6 Å². The van der Waals surface area contributed by atoms with Crippen LogP contribution in [0.2, 0.25) is 0 Å². The molecule has 0 radical (unpaired) electrons. The summed E-state index contributed by atoms with van der Waals surface area (Å²) in [5, 5.41) is 13.3. The molecule has 0 aliphatic rings. The molecule has 6 heteroatoms. The van der Waals surface area contributed by atoms with Crippen LogP contribution in [0.25, 0.3) is 0 Å². The average molecular weight is 252 g/mol. The zero-order valence-corrected chi connectivity index (χ0v) is 10.5. The molecule has 0 bridgehead atoms. The summed E-state index contributed by atoms with van der Waals surface area (Å²) in [6, 6.07) is 6.46. The Morgan fingerprint density at radius 1 is 1.11 bits per heavy atom. The van der Waals surface area contributed by atoms with Gasteiger partial charge in [0.05, 0.1) is 11.4 Å². The minimum absolute atomic E-state index is 0.288. The van der Waals surface area contributed by atoms with Crippen LogP contribution >= 0.6 is 0 Å². The lowest BCUT2D eigenvalue weighted by Gasteiger charge is -2.20. The van der Waals surface area contributed by atoms with Gasteiger partial charge in [0.15, 0.2) is 0 Å². The number of ether oxygens (including phenoxy) is 1. The van der Waals surface area contributed by atoms with E-state index in [2.05, 4.69) is 10.6 Å². The van der Waals surface area contributed by atoms with Gasteiger partial charge in [-0.3, -0.25) is 10.6 Å². The highest BCUT2D eigenvalue weighted by Gasteiger charge is 2.17. The van der Waals surface area contributed by atoms with E-state index in [1.54, 1.807) is 45.0 Å². The van der Waals surface area contributed by atoms with Crippen LogP contribution in [0.4, 0.5) is 21.0 Å². The number of anilines is 2. The first-order valence-electron chi connectivity index (χ1n) is 5.37. The summed E-state index contributed by atoms with van der Waals surface area (Å²) >= 11 is 0. The molecule has 0 saturated heterocycles. The van der Waals surface area contributed by atoms with Crippen molar-refractivity contribution in [3.8, 4) is 0 Å². The number of carboxylic acid groups (broad SMARTS) is 1. The van der Waals surface area contributed by atoms with Crippen molar-refractivity contribution in [2.75, 3.05) is 10.6 Å². The minimum Gasteiger partial charge on any atom is -0.465 e. The molecular weight excluding hydrogens is 236 g/mol. The fourth-order valence-electron chi connectivity index (χ4n) is 1.23. The lowest BCUT2D eigenvalue weighted by molar-refractivity contribution is 0.0636. The van der Waals surface area contributed by atoms with Crippen molar-refractivity contribution in [3.05, 3.63) is 24.3 Å². The van der Waals surface area contributed by atoms with Crippen LogP contribution in [-0.2, 0) is 4.74 Å². The van der Waals surface area contributed by atoms with E-state index in [4.69, 9.17) is 9.84 Å². The largest absolute Gasteiger partial charge is 0.465 e. The van der Waals surface area contributed by atoms with Crippen LogP contribution in [0, 0.1) is 0 Å². The topological polar surface area (TPSA) is 87.7 Å². The van der Waals surface area contributed by atoms with Gasteiger partial charge in [0.25, 0.3) is 0 Å². The van der Waals surface area contributed by atoms with Gasteiger partial charge in [-0.2, -0.15) is 0 Å². The number of nitrogens with one attached hydrogen (secondary N) is 2. The zero-order valence-electron chi connectivity index (χ0n) is 10.5. The second kappa shape index (κ2) is 5.39. The Balaban J connectivity index is 2.78. The van der Waals surface area contributed by atoms with E-state index >= 15 is 0 Å². The standard InChI is InChI=1S/C12H16N2O4/c1-12(2,3)18-11(17)14-9-7-5-4-6-8(9)13-10(15)16/h4-7,13H,1-3H3,(H,14,17)(H,15,16). The Hall–Kier alpha value is -2.24. The SMILES string of the molecule is CC(C)(C)OC(=O)Nc1ccccc1NC(=O)O. The number of hydrogen-bond donors (Lipinski definition) is 3. The Morgan fingerprint density at radius 2 is 1.61 bits per heavy atom. The van der Waals surface area contributed by atoms with Crippen molar-refractivity contribution in [3.63, 3.8) is 0 Å². The second-order valence-electron chi connectivity index (χ2n) is 4.60. The highest BCUT2D eigenvalue weighted by Crippen LogP contribution is 2.21. The average Bonchev–Trinajstić information content (AvgIpc) is 2.17. The quantitative estimate of drug-likeness (QED) is 0.754. The molecule has 0 saturated carbocycles. The third kappa shape index (κ3) is 4.73. The van der Waals surface area contributed by atoms with Gasteiger partial charge in [0, 0.05) is 0 Å². The monoisotopic (exact) mass is 252 g/mol. The van der Waals surface area contributed by atoms with E-state index in [1.165, 1.54) is 0 Å². The molecule has 2 amide bonds. The predicted molar refractivity (Wildman–Crippen MR) is 67.9 cm³/mol. The van der Waals surface area contributed by atoms with Crippen molar-refractivity contribution >= 4 is 23.6 Å². The molecule has 18 heavy (non-hydrogen) atoms. The summed E-state index contributed by atoms with van der Waals surface area (Å²) in [4.78, 5) is 22.1. The highest BCUT2D eigenvalue weighted by atomic mass is 16.6. The van der Waals surface area contributed by atoms with Crippen molar-refractivity contribution in [2.24, 2.45) is 0 Å². The van der Waals surface area contributed by atoms with E-state index in [9.17, 15) is 9.59 Å². The van der Waals surface area contributed by atoms with Crippen molar-refractivity contribution in [2.45, 2.75) is 26.4 Å². The van der Waals surface area contributed by atoms with Gasteiger partial charge in [0.2, 0.25) is 0 Å². The molecule has 0 fully saturated rings. The molecule has 98 valence electrons. The molecule has 0 aliphatic heterocycles. The first-order valence-corrected chi connectivity index (χ1v) is 5.37. The van der Waals surface area contributed by atoms with Gasteiger partial charge in [-0.15, -0.1) is 0 Å². The molecule has 0 spiro atoms. The lowest BCUT2D eigenvalue weighted by atomic mass is 10.2. The molecule has 0 aromatic heterocycles. The maximum absolute atomic E-state index is 11.6. The highest BCUT2D eigenvalue weighted by molar-refractivity contribution is 5.94. The fourth-order valence-corrected chi connectivity index (χ4v) is 1.23. The summed E-state index contributed by atoms with van der Waals surface area (Å²) in [6.45, 7) is 5.23. The smallest absolute Gasteiger partial charge is 0.412 e. The number of carbonyl (C=O) groups excluding carboxylic acids is 1. The minimum atomic E-state index is -1.20. The third-order valence-corrected chi connectivity index (χ3v) is 1.80. The van der Waals surface area contributed by atoms with E-state index < -0.39 is 17.8 Å². The van der Waals surface area contributed by atoms with E-state index in [0.29, 0.717) is 5.69 Å². The fraction of sp³-hybridized carbons (Fsp3) is 0.333. The normalized spacial score (nSPS) is 10.6. The maximum Gasteiger partial charge on any atom is 0.412 e. The molecule has 1 aromatic carbocycles. The molecule has 6 nitrogen and oxygen atoms in total. The van der Waals surface area contributed by atoms with E-state index in [0.717, 1.165) is 0 Å². The van der Waals surface area contributed by atoms with Gasteiger partial charge in [-0.05, 0) is 32.9 Å². The summed E-state index contributed by atoms with van der Waals surface area (Å²) in [7, 11) is 0. The van der Waals surface area contributed by atoms with Gasteiger partial charge in [-0.25, -0.2) is 9.59 Å². The van der Waals surface area contributed by atoms with Gasteiger partial charge < -0.3 is 9.84 Å². The van der Waals surface area contributed by atoms with Crippen molar-refractivity contribution in [1.29, 1.82) is 0 Å². The van der Waals surface area contributed by atoms with Crippen molar-refractivity contribution in [1.82, 2.24) is 0 Å². The lowest BCUT2D eigenvalue weighted by Crippen LogP contribution is -2.27. The molecule has 0 unspecified atom stereocenters. The van der Waals surface area contributed by atoms with Gasteiger partial charge in [-0.1, -0.05) is 12.1 Å². The number of amides is 2. The third-order valence-electron chi connectivity index (χ3n) is 1.80. The van der Waals surface area contributed by atoms with Crippen LogP contribution in [0.15, 0.2) is 24.3 Å². The van der Waals surface area contributed by atoms with E-state index in [-0.39, 0.29) is 5.69 Å². The molecular formula is C12H16N2O4. The van der Waals surface area contributed by atoms with Gasteiger partial charge >= 0.3 is 12.2 Å². The maximum atomic E-state index is 11.6. The molecule has 0 aliphatic carbocycles. The molecule has 1 aromatic rings. The predicted octanol–water partition coefficient (Wildman–Crippen LogP) is 3.12. The van der Waals surface area contributed by atoms with Gasteiger partial charge in [0.1, 0.15) is 5.60 Å².